The third kappa shape index (κ3) is 6.31. The zero-order chi connectivity index (χ0) is 6.78. The van der Waals surface area contributed by atoms with E-state index in [-0.39, 0.29) is 0 Å². The third-order valence-electron chi connectivity index (χ3n) is 0.168. The van der Waals surface area contributed by atoms with E-state index in [2.05, 4.69) is 10.7 Å². The van der Waals surface area contributed by atoms with Crippen LogP contribution in [0.2, 0.25) is 0 Å². The summed E-state index contributed by atoms with van der Waals surface area (Å²) in [4.78, 5) is 0. The molecular formula is HClNO4S2-. The van der Waals surface area contributed by atoms with Crippen molar-refractivity contribution in [1.82, 2.24) is 4.13 Å². The zero-order valence-corrected chi connectivity index (χ0v) is 5.72. The molecule has 0 bridgehead atoms. The minimum atomic E-state index is -4.11. The monoisotopic (exact) mass is 178 g/mol. The van der Waals surface area contributed by atoms with E-state index in [0.717, 1.165) is 4.13 Å². The van der Waals surface area contributed by atoms with Gasteiger partial charge in [0.05, 0.1) is 0 Å². The Morgan fingerprint density at radius 1 is 1.62 bits per heavy atom. The Morgan fingerprint density at radius 2 is 2.00 bits per heavy atom. The highest BCUT2D eigenvalue weighted by molar-refractivity contribution is 8.17. The first-order chi connectivity index (χ1) is 3.42. The molecule has 1 unspecified atom stereocenters. The van der Waals surface area contributed by atoms with Crippen molar-refractivity contribution >= 4 is 31.2 Å². The molecule has 8 heteroatoms. The van der Waals surface area contributed by atoms with Crippen molar-refractivity contribution in [3.8, 4) is 0 Å². The van der Waals surface area contributed by atoms with E-state index in [9.17, 15) is 17.2 Å². The first-order valence-corrected chi connectivity index (χ1v) is 4.61. The molecule has 0 aliphatic rings. The van der Waals surface area contributed by atoms with E-state index in [1.54, 1.807) is 0 Å². The second-order valence-corrected chi connectivity index (χ2v) is 3.99. The maximum absolute atomic E-state index is 9.70. The lowest BCUT2D eigenvalue weighted by Crippen LogP contribution is -2.19. The molecule has 0 spiro atoms. The lowest BCUT2D eigenvalue weighted by atomic mass is 13.9. The predicted octanol–water partition coefficient (Wildman–Crippen LogP) is -1.15. The molecule has 50 valence electrons. The Bertz CT molecular complexity index is 180. The van der Waals surface area contributed by atoms with Gasteiger partial charge in [0.1, 0.15) is 0 Å². The van der Waals surface area contributed by atoms with Gasteiger partial charge in [0.25, 0.3) is 0 Å². The van der Waals surface area contributed by atoms with Gasteiger partial charge in [0.15, 0.2) is 0 Å². The van der Waals surface area contributed by atoms with E-state index in [1.807, 2.05) is 0 Å². The average molecular weight is 179 g/mol. The first kappa shape index (κ1) is 8.31. The number of halogens is 1. The Kier molecular flexibility index (Phi) is 2.84. The number of hydrogen-bond acceptors (Lipinski definition) is 4. The highest BCUT2D eigenvalue weighted by Crippen LogP contribution is 1.87. The van der Waals surface area contributed by atoms with Gasteiger partial charge in [0.2, 0.25) is 0 Å². The van der Waals surface area contributed by atoms with Crippen LogP contribution in [0.3, 0.4) is 0 Å². The summed E-state index contributed by atoms with van der Waals surface area (Å²) in [5, 5.41) is 0. The molecule has 1 atom stereocenters. The fourth-order valence-electron chi connectivity index (χ4n) is 0.0813. The minimum absolute atomic E-state index is 1.04. The molecule has 0 heterocycles. The Hall–Kier alpha value is 0.310. The molecule has 0 saturated carbocycles. The van der Waals surface area contributed by atoms with Gasteiger partial charge in [0, 0.05) is 21.9 Å². The standard InChI is InChI=1S/ClH2NO4S2/c1-8(5,6)2-7(3)4/h2H,(H,3,4)/p-1. The molecule has 0 amide bonds. The van der Waals surface area contributed by atoms with Crippen molar-refractivity contribution in [2.24, 2.45) is 0 Å². The molecule has 5 nitrogen and oxygen atoms in total. The highest BCUT2D eigenvalue weighted by atomic mass is 35.7. The maximum atomic E-state index is 9.70. The van der Waals surface area contributed by atoms with E-state index in [4.69, 9.17) is 0 Å². The van der Waals surface area contributed by atoms with Crippen LogP contribution in [0, 0.1) is 0 Å². The largest absolute Gasteiger partial charge is 0.759 e. The fourth-order valence-corrected chi connectivity index (χ4v) is 1.19. The molecule has 0 fully saturated rings. The lowest BCUT2D eigenvalue weighted by molar-refractivity contribution is 0.531. The van der Waals surface area contributed by atoms with E-state index in [1.165, 1.54) is 0 Å². The number of nitrogens with one attached hydrogen (secondary N) is 1. The molecule has 0 aliphatic carbocycles. The second kappa shape index (κ2) is 2.74. The van der Waals surface area contributed by atoms with Crippen LogP contribution >= 0.6 is 10.7 Å². The molecule has 0 aromatic rings. The summed E-state index contributed by atoms with van der Waals surface area (Å²) in [7, 11) is 0.282. The Labute approximate surface area is 53.0 Å². The first-order valence-electron chi connectivity index (χ1n) is 1.23. The summed E-state index contributed by atoms with van der Waals surface area (Å²) in [6.07, 6.45) is 0. The van der Waals surface area contributed by atoms with E-state index < -0.39 is 20.5 Å². The van der Waals surface area contributed by atoms with Gasteiger partial charge in [-0.25, -0.2) is 0 Å². The SMILES string of the molecule is O=S([O-])NS(=O)(=O)Cl. The van der Waals surface area contributed by atoms with Crippen molar-refractivity contribution in [3.63, 3.8) is 0 Å². The van der Waals surface area contributed by atoms with Crippen molar-refractivity contribution in [1.29, 1.82) is 0 Å². The van der Waals surface area contributed by atoms with Crippen LogP contribution in [0.4, 0.5) is 0 Å². The summed E-state index contributed by atoms with van der Waals surface area (Å²) in [6, 6.07) is 0. The summed E-state index contributed by atoms with van der Waals surface area (Å²) in [5.74, 6) is 0. The topological polar surface area (TPSA) is 86.3 Å². The summed E-state index contributed by atoms with van der Waals surface area (Å²) < 4.78 is 39.3. The smallest absolute Gasteiger partial charge is 0.307 e. The molecule has 0 radical (unpaired) electrons. The van der Waals surface area contributed by atoms with Gasteiger partial charge in [-0.05, 0) is 0 Å². The summed E-state index contributed by atoms with van der Waals surface area (Å²) in [5.41, 5.74) is 0. The van der Waals surface area contributed by atoms with Crippen LogP contribution in [-0.2, 0) is 20.5 Å². The molecule has 1 N–H and O–H groups in total. The van der Waals surface area contributed by atoms with E-state index >= 15 is 0 Å². The van der Waals surface area contributed by atoms with Crippen LogP contribution in [0.5, 0.6) is 0 Å². The average Bonchev–Trinajstić information content (AvgIpc) is 1.21. The van der Waals surface area contributed by atoms with Gasteiger partial charge in [-0.2, -0.15) is 8.42 Å². The maximum Gasteiger partial charge on any atom is 0.307 e. The zero-order valence-electron chi connectivity index (χ0n) is 3.33. The molecule has 8 heavy (non-hydrogen) atoms. The molecular weight excluding hydrogens is 178 g/mol. The predicted molar refractivity (Wildman–Crippen MR) is 26.8 cm³/mol. The molecule has 0 rings (SSSR count). The highest BCUT2D eigenvalue weighted by Gasteiger charge is 2.00. The van der Waals surface area contributed by atoms with Crippen molar-refractivity contribution in [2.75, 3.05) is 0 Å². The van der Waals surface area contributed by atoms with Gasteiger partial charge >= 0.3 is 9.24 Å². The van der Waals surface area contributed by atoms with Gasteiger partial charge < -0.3 is 4.55 Å². The molecule has 0 aliphatic heterocycles. The van der Waals surface area contributed by atoms with Gasteiger partial charge in [-0.1, -0.05) is 0 Å². The normalized spacial score (nSPS) is 15.8. The third-order valence-corrected chi connectivity index (χ3v) is 2.08. The summed E-state index contributed by atoms with van der Waals surface area (Å²) in [6.45, 7) is 0. The second-order valence-electron chi connectivity index (χ2n) is 0.756. The fraction of sp³-hybridized carbons (Fsp3) is 0. The number of hydrogen-bond donors (Lipinski definition) is 1. The van der Waals surface area contributed by atoms with Crippen LogP contribution in [0.15, 0.2) is 0 Å². The van der Waals surface area contributed by atoms with Crippen molar-refractivity contribution in [3.05, 3.63) is 0 Å². The van der Waals surface area contributed by atoms with E-state index in [0.29, 0.717) is 0 Å². The summed E-state index contributed by atoms with van der Waals surface area (Å²) >= 11 is -2.85. The van der Waals surface area contributed by atoms with Crippen LogP contribution < -0.4 is 4.13 Å². The quantitative estimate of drug-likeness (QED) is 0.428. The Balaban J connectivity index is 3.95. The van der Waals surface area contributed by atoms with Crippen molar-refractivity contribution in [2.45, 2.75) is 0 Å². The lowest BCUT2D eigenvalue weighted by Gasteiger charge is -1.99. The number of rotatable bonds is 2. The van der Waals surface area contributed by atoms with Gasteiger partial charge in [-0.3, -0.25) is 4.21 Å². The molecule has 0 aromatic heterocycles. The van der Waals surface area contributed by atoms with Crippen LogP contribution in [-0.4, -0.2) is 17.2 Å². The minimum Gasteiger partial charge on any atom is -0.759 e. The Morgan fingerprint density at radius 3 is 2.00 bits per heavy atom. The molecule has 0 aromatic carbocycles. The van der Waals surface area contributed by atoms with Crippen LogP contribution in [0.25, 0.3) is 0 Å². The molecule has 0 saturated heterocycles. The van der Waals surface area contributed by atoms with Crippen molar-refractivity contribution < 1.29 is 17.2 Å². The van der Waals surface area contributed by atoms with Gasteiger partial charge in [-0.15, -0.1) is 4.13 Å². The van der Waals surface area contributed by atoms with Crippen LogP contribution in [0.1, 0.15) is 0 Å².